The van der Waals surface area contributed by atoms with Crippen LogP contribution >= 0.6 is 23.2 Å². The number of amides is 1. The molecule has 0 heterocycles. The second-order valence-corrected chi connectivity index (χ2v) is 8.00. The molecule has 0 radical (unpaired) electrons. The molecule has 0 aliphatic rings. The highest BCUT2D eigenvalue weighted by Crippen LogP contribution is 2.24. The molecule has 0 unspecified atom stereocenters. The standard InChI is InChI=1S/C17H18Cl2N2O3S/c1-3-21(12(2)22)11-13-5-4-6-16(7-13)20-25(23,24)17-9-14(18)8-15(19)10-17/h4-10,20H,3,11H2,1-2H3. The normalized spacial score (nSPS) is 11.2. The van der Waals surface area contributed by atoms with Crippen molar-refractivity contribution >= 4 is 44.8 Å². The summed E-state index contributed by atoms with van der Waals surface area (Å²) in [5.74, 6) is -0.0398. The van der Waals surface area contributed by atoms with Crippen molar-refractivity contribution < 1.29 is 13.2 Å². The first-order valence-corrected chi connectivity index (χ1v) is 9.78. The van der Waals surface area contributed by atoms with Gasteiger partial charge in [0.2, 0.25) is 5.91 Å². The van der Waals surface area contributed by atoms with E-state index in [1.54, 1.807) is 23.1 Å². The van der Waals surface area contributed by atoms with Crippen molar-refractivity contribution in [3.05, 3.63) is 58.1 Å². The number of nitrogens with one attached hydrogen (secondary N) is 1. The third-order valence-electron chi connectivity index (χ3n) is 3.53. The van der Waals surface area contributed by atoms with Crippen molar-refractivity contribution in [3.8, 4) is 0 Å². The molecule has 0 aliphatic heterocycles. The van der Waals surface area contributed by atoms with Crippen LogP contribution in [0.5, 0.6) is 0 Å². The van der Waals surface area contributed by atoms with E-state index in [1.807, 2.05) is 13.0 Å². The van der Waals surface area contributed by atoms with Crippen LogP contribution in [0, 0.1) is 0 Å². The van der Waals surface area contributed by atoms with Crippen molar-refractivity contribution in [1.82, 2.24) is 4.90 Å². The molecule has 2 aromatic rings. The molecule has 25 heavy (non-hydrogen) atoms. The molecule has 1 N–H and O–H groups in total. The highest BCUT2D eigenvalue weighted by molar-refractivity contribution is 7.92. The number of rotatable bonds is 6. The molecule has 0 aliphatic carbocycles. The Morgan fingerprint density at radius 2 is 1.76 bits per heavy atom. The number of anilines is 1. The molecule has 2 rings (SSSR count). The highest BCUT2D eigenvalue weighted by atomic mass is 35.5. The van der Waals surface area contributed by atoms with Gasteiger partial charge in [-0.2, -0.15) is 0 Å². The van der Waals surface area contributed by atoms with Gasteiger partial charge in [0.1, 0.15) is 0 Å². The molecule has 5 nitrogen and oxygen atoms in total. The molecule has 8 heteroatoms. The summed E-state index contributed by atoms with van der Waals surface area (Å²) in [4.78, 5) is 13.2. The van der Waals surface area contributed by atoms with Crippen LogP contribution < -0.4 is 4.72 Å². The van der Waals surface area contributed by atoms with Crippen molar-refractivity contribution in [3.63, 3.8) is 0 Å². The van der Waals surface area contributed by atoms with Crippen molar-refractivity contribution in [1.29, 1.82) is 0 Å². The van der Waals surface area contributed by atoms with Crippen LogP contribution in [0.3, 0.4) is 0 Å². The average Bonchev–Trinajstić information content (AvgIpc) is 2.51. The van der Waals surface area contributed by atoms with Gasteiger partial charge < -0.3 is 4.90 Å². The SMILES string of the molecule is CCN(Cc1cccc(NS(=O)(=O)c2cc(Cl)cc(Cl)c2)c1)C(C)=O. The fraction of sp³-hybridized carbons (Fsp3) is 0.235. The van der Waals surface area contributed by atoms with Gasteiger partial charge in [-0.05, 0) is 42.8 Å². The van der Waals surface area contributed by atoms with E-state index in [-0.39, 0.29) is 20.8 Å². The fourth-order valence-electron chi connectivity index (χ4n) is 2.30. The molecule has 0 fully saturated rings. The monoisotopic (exact) mass is 400 g/mol. The number of carbonyl (C=O) groups excluding carboxylic acids is 1. The summed E-state index contributed by atoms with van der Waals surface area (Å²) in [6.07, 6.45) is 0. The van der Waals surface area contributed by atoms with Gasteiger partial charge in [0.25, 0.3) is 10.0 Å². The summed E-state index contributed by atoms with van der Waals surface area (Å²) in [6.45, 7) is 4.37. The molecule has 134 valence electrons. The molecule has 2 aromatic carbocycles. The molecule has 1 amide bonds. The van der Waals surface area contributed by atoms with Crippen LogP contribution in [0.2, 0.25) is 10.0 Å². The molecule has 0 spiro atoms. The Balaban J connectivity index is 2.25. The Labute approximate surface area is 157 Å². The van der Waals surface area contributed by atoms with Gasteiger partial charge in [-0.3, -0.25) is 9.52 Å². The van der Waals surface area contributed by atoms with E-state index < -0.39 is 10.0 Å². The molecular formula is C17H18Cl2N2O3S. The summed E-state index contributed by atoms with van der Waals surface area (Å²) >= 11 is 11.7. The summed E-state index contributed by atoms with van der Waals surface area (Å²) in [6, 6.07) is 11.0. The number of hydrogen-bond acceptors (Lipinski definition) is 3. The Hall–Kier alpha value is -1.76. The number of hydrogen-bond donors (Lipinski definition) is 1. The zero-order valence-electron chi connectivity index (χ0n) is 13.8. The lowest BCUT2D eigenvalue weighted by Gasteiger charge is -2.19. The first-order chi connectivity index (χ1) is 11.7. The number of nitrogens with zero attached hydrogens (tertiary/aromatic N) is 1. The van der Waals surface area contributed by atoms with E-state index in [2.05, 4.69) is 4.72 Å². The largest absolute Gasteiger partial charge is 0.339 e. The Kier molecular flexibility index (Phi) is 6.32. The van der Waals surface area contributed by atoms with Gasteiger partial charge in [0.15, 0.2) is 0 Å². The van der Waals surface area contributed by atoms with Crippen molar-refractivity contribution in [2.45, 2.75) is 25.3 Å². The van der Waals surface area contributed by atoms with E-state index in [4.69, 9.17) is 23.2 Å². The lowest BCUT2D eigenvalue weighted by atomic mass is 10.2. The first kappa shape index (κ1) is 19.6. The van der Waals surface area contributed by atoms with Gasteiger partial charge in [0.05, 0.1) is 4.90 Å². The maximum absolute atomic E-state index is 12.5. The lowest BCUT2D eigenvalue weighted by molar-refractivity contribution is -0.129. The predicted octanol–water partition coefficient (Wildman–Crippen LogP) is 4.16. The maximum atomic E-state index is 12.5. The van der Waals surface area contributed by atoms with E-state index >= 15 is 0 Å². The number of sulfonamides is 1. The third-order valence-corrected chi connectivity index (χ3v) is 5.32. The predicted molar refractivity (Wildman–Crippen MR) is 100 cm³/mol. The second kappa shape index (κ2) is 8.08. The summed E-state index contributed by atoms with van der Waals surface area (Å²) in [5, 5.41) is 0.475. The second-order valence-electron chi connectivity index (χ2n) is 5.44. The minimum atomic E-state index is -3.82. The molecule has 0 aromatic heterocycles. The van der Waals surface area contributed by atoms with Crippen LogP contribution in [0.15, 0.2) is 47.4 Å². The summed E-state index contributed by atoms with van der Waals surface area (Å²) in [7, 11) is -3.82. The fourth-order valence-corrected chi connectivity index (χ4v) is 4.07. The van der Waals surface area contributed by atoms with E-state index in [9.17, 15) is 13.2 Å². The smallest absolute Gasteiger partial charge is 0.261 e. The van der Waals surface area contributed by atoms with Crippen molar-refractivity contribution in [2.75, 3.05) is 11.3 Å². The summed E-state index contributed by atoms with van der Waals surface area (Å²) < 4.78 is 27.5. The van der Waals surface area contributed by atoms with Crippen LogP contribution in [0.4, 0.5) is 5.69 Å². The number of carbonyl (C=O) groups is 1. The van der Waals surface area contributed by atoms with Crippen LogP contribution in [0.1, 0.15) is 19.4 Å². The van der Waals surface area contributed by atoms with Crippen molar-refractivity contribution in [2.24, 2.45) is 0 Å². The van der Waals surface area contributed by atoms with Gasteiger partial charge >= 0.3 is 0 Å². The average molecular weight is 401 g/mol. The van der Waals surface area contributed by atoms with Gasteiger partial charge in [-0.1, -0.05) is 35.3 Å². The van der Waals surface area contributed by atoms with Gasteiger partial charge in [-0.25, -0.2) is 8.42 Å². The highest BCUT2D eigenvalue weighted by Gasteiger charge is 2.16. The van der Waals surface area contributed by atoms with Crippen LogP contribution in [0.25, 0.3) is 0 Å². The maximum Gasteiger partial charge on any atom is 0.261 e. The van der Waals surface area contributed by atoms with E-state index in [1.165, 1.54) is 25.1 Å². The molecule has 0 bridgehead atoms. The third kappa shape index (κ3) is 5.36. The van der Waals surface area contributed by atoms with Crippen LogP contribution in [-0.2, 0) is 21.4 Å². The minimum Gasteiger partial charge on any atom is -0.339 e. The van der Waals surface area contributed by atoms with E-state index in [0.29, 0.717) is 18.8 Å². The van der Waals surface area contributed by atoms with E-state index in [0.717, 1.165) is 5.56 Å². The molecule has 0 saturated carbocycles. The zero-order valence-corrected chi connectivity index (χ0v) is 16.1. The molecular weight excluding hydrogens is 383 g/mol. The molecule has 0 atom stereocenters. The topological polar surface area (TPSA) is 66.5 Å². The zero-order chi connectivity index (χ0) is 18.6. The number of halogens is 2. The van der Waals surface area contributed by atoms with Gasteiger partial charge in [0, 0.05) is 35.7 Å². The van der Waals surface area contributed by atoms with Crippen LogP contribution in [-0.4, -0.2) is 25.8 Å². The minimum absolute atomic E-state index is 0.0191. The summed E-state index contributed by atoms with van der Waals surface area (Å²) in [5.41, 5.74) is 1.22. The first-order valence-electron chi connectivity index (χ1n) is 7.54. The Morgan fingerprint density at radius 1 is 1.12 bits per heavy atom. The Morgan fingerprint density at radius 3 is 2.32 bits per heavy atom. The lowest BCUT2D eigenvalue weighted by Crippen LogP contribution is -2.27. The molecule has 0 saturated heterocycles. The quantitative estimate of drug-likeness (QED) is 0.791. The number of benzene rings is 2. The Bertz CT molecular complexity index is 865. The van der Waals surface area contributed by atoms with Gasteiger partial charge in [-0.15, -0.1) is 0 Å².